The van der Waals surface area contributed by atoms with Crippen molar-refractivity contribution in [3.05, 3.63) is 0 Å². The third-order valence-corrected chi connectivity index (χ3v) is 2.38. The maximum atomic E-state index is 11.6. The molecule has 2 atom stereocenters. The van der Waals surface area contributed by atoms with E-state index in [2.05, 4.69) is 5.32 Å². The molecule has 0 fully saturated rings. The van der Waals surface area contributed by atoms with Crippen LogP contribution in [0.5, 0.6) is 0 Å². The van der Waals surface area contributed by atoms with E-state index in [9.17, 15) is 9.90 Å². The lowest BCUT2D eigenvalue weighted by Gasteiger charge is -2.24. The van der Waals surface area contributed by atoms with Crippen LogP contribution in [0.15, 0.2) is 0 Å². The van der Waals surface area contributed by atoms with Crippen LogP contribution < -0.4 is 11.1 Å². The van der Waals surface area contributed by atoms with Gasteiger partial charge in [0.25, 0.3) is 0 Å². The van der Waals surface area contributed by atoms with E-state index < -0.39 is 5.60 Å². The molecule has 0 aliphatic rings. The molecule has 0 aliphatic heterocycles. The zero-order chi connectivity index (χ0) is 12.1. The predicted octanol–water partition coefficient (Wildman–Crippen LogP) is -0.923. The molecule has 0 heterocycles. The van der Waals surface area contributed by atoms with Crippen LogP contribution in [0.3, 0.4) is 0 Å². The number of carbonyl (C=O) groups is 1. The minimum Gasteiger partial charge on any atom is -0.393 e. The van der Waals surface area contributed by atoms with Crippen LogP contribution in [-0.2, 0) is 4.79 Å². The number of nitrogens with one attached hydrogen (secondary N) is 1. The molecule has 0 rings (SSSR count). The smallest absolute Gasteiger partial charge is 0.224 e. The first kappa shape index (κ1) is 14.3. The second kappa shape index (κ2) is 6.05. The molecule has 0 radical (unpaired) electrons. The fraction of sp³-hybridized carbons (Fsp3) is 0.900. The Labute approximate surface area is 90.7 Å². The van der Waals surface area contributed by atoms with Crippen LogP contribution in [0, 0.1) is 11.8 Å². The Balaban J connectivity index is 4.13. The molecular formula is C10H22N2O3. The van der Waals surface area contributed by atoms with Crippen molar-refractivity contribution in [1.82, 2.24) is 5.32 Å². The van der Waals surface area contributed by atoms with Gasteiger partial charge in [-0.25, -0.2) is 0 Å². The zero-order valence-corrected chi connectivity index (χ0v) is 9.66. The van der Waals surface area contributed by atoms with Gasteiger partial charge in [-0.1, -0.05) is 13.8 Å². The van der Waals surface area contributed by atoms with Gasteiger partial charge in [-0.05, 0) is 12.8 Å². The van der Waals surface area contributed by atoms with Gasteiger partial charge in [0.2, 0.25) is 5.91 Å². The molecule has 0 bridgehead atoms. The fourth-order valence-corrected chi connectivity index (χ4v) is 1.15. The van der Waals surface area contributed by atoms with E-state index in [-0.39, 0.29) is 37.4 Å². The van der Waals surface area contributed by atoms with Crippen LogP contribution in [0.4, 0.5) is 0 Å². The lowest BCUT2D eigenvalue weighted by atomic mass is 9.95. The van der Waals surface area contributed by atoms with E-state index in [0.717, 1.165) is 0 Å². The van der Waals surface area contributed by atoms with Crippen molar-refractivity contribution < 1.29 is 15.0 Å². The van der Waals surface area contributed by atoms with Gasteiger partial charge < -0.3 is 21.3 Å². The average Bonchev–Trinajstić information content (AvgIpc) is 2.15. The molecular weight excluding hydrogens is 196 g/mol. The molecule has 0 aromatic carbocycles. The van der Waals surface area contributed by atoms with E-state index in [1.165, 1.54) is 6.92 Å². The molecule has 0 aromatic rings. The Morgan fingerprint density at radius 2 is 2.07 bits per heavy atom. The molecule has 90 valence electrons. The fourth-order valence-electron chi connectivity index (χ4n) is 1.15. The number of carbonyl (C=O) groups excluding carboxylic acids is 1. The van der Waals surface area contributed by atoms with Crippen molar-refractivity contribution in [3.8, 4) is 0 Å². The van der Waals surface area contributed by atoms with Crippen molar-refractivity contribution in [2.45, 2.75) is 26.4 Å². The Kier molecular flexibility index (Phi) is 5.79. The third-order valence-electron chi connectivity index (χ3n) is 2.38. The highest BCUT2D eigenvalue weighted by molar-refractivity contribution is 5.79. The summed E-state index contributed by atoms with van der Waals surface area (Å²) < 4.78 is 0. The first-order valence-corrected chi connectivity index (χ1v) is 5.15. The molecule has 0 saturated carbocycles. The molecule has 15 heavy (non-hydrogen) atoms. The molecule has 5 nitrogen and oxygen atoms in total. The maximum Gasteiger partial charge on any atom is 0.224 e. The average molecular weight is 218 g/mol. The summed E-state index contributed by atoms with van der Waals surface area (Å²) in [6, 6.07) is 0. The SMILES string of the molecule is CC(C)C(CN)C(=O)NCC(C)(O)CO. The molecule has 2 unspecified atom stereocenters. The van der Waals surface area contributed by atoms with E-state index >= 15 is 0 Å². The summed E-state index contributed by atoms with van der Waals surface area (Å²) in [5.41, 5.74) is 4.20. The first-order valence-electron chi connectivity index (χ1n) is 5.15. The Morgan fingerprint density at radius 1 is 1.53 bits per heavy atom. The van der Waals surface area contributed by atoms with Gasteiger partial charge in [-0.3, -0.25) is 4.79 Å². The van der Waals surface area contributed by atoms with Gasteiger partial charge in [0, 0.05) is 13.1 Å². The number of aliphatic hydroxyl groups excluding tert-OH is 1. The Bertz CT molecular complexity index is 205. The maximum absolute atomic E-state index is 11.6. The molecule has 1 amide bonds. The second-order valence-electron chi connectivity index (χ2n) is 4.46. The van der Waals surface area contributed by atoms with Crippen molar-refractivity contribution in [1.29, 1.82) is 0 Å². The molecule has 5 N–H and O–H groups in total. The van der Waals surface area contributed by atoms with E-state index in [1.54, 1.807) is 0 Å². The summed E-state index contributed by atoms with van der Waals surface area (Å²) >= 11 is 0. The summed E-state index contributed by atoms with van der Waals surface area (Å²) in [7, 11) is 0. The van der Waals surface area contributed by atoms with Crippen molar-refractivity contribution in [2.24, 2.45) is 17.6 Å². The highest BCUT2D eigenvalue weighted by atomic mass is 16.3. The lowest BCUT2D eigenvalue weighted by Crippen LogP contribution is -2.47. The van der Waals surface area contributed by atoms with Crippen LogP contribution >= 0.6 is 0 Å². The standard InChI is InChI=1S/C10H22N2O3/c1-7(2)8(4-11)9(14)12-5-10(3,15)6-13/h7-8,13,15H,4-6,11H2,1-3H3,(H,12,14). The largest absolute Gasteiger partial charge is 0.393 e. The number of amides is 1. The third kappa shape index (κ3) is 5.11. The molecule has 0 saturated heterocycles. The van der Waals surface area contributed by atoms with Crippen LogP contribution in [-0.4, -0.2) is 41.4 Å². The normalized spacial score (nSPS) is 17.3. The van der Waals surface area contributed by atoms with Gasteiger partial charge in [0.05, 0.1) is 12.5 Å². The number of aliphatic hydroxyl groups is 2. The number of hydrogen-bond acceptors (Lipinski definition) is 4. The zero-order valence-electron chi connectivity index (χ0n) is 9.66. The number of nitrogens with two attached hydrogens (primary N) is 1. The summed E-state index contributed by atoms with van der Waals surface area (Å²) in [6.45, 7) is 5.22. The number of rotatable bonds is 6. The van der Waals surface area contributed by atoms with Crippen LogP contribution in [0.25, 0.3) is 0 Å². The van der Waals surface area contributed by atoms with E-state index in [1.807, 2.05) is 13.8 Å². The highest BCUT2D eigenvalue weighted by Gasteiger charge is 2.24. The highest BCUT2D eigenvalue weighted by Crippen LogP contribution is 2.09. The summed E-state index contributed by atoms with van der Waals surface area (Å²) in [6.07, 6.45) is 0. The minimum absolute atomic E-state index is 0.0333. The molecule has 0 aromatic heterocycles. The van der Waals surface area contributed by atoms with Crippen molar-refractivity contribution >= 4 is 5.91 Å². The molecule has 0 aliphatic carbocycles. The van der Waals surface area contributed by atoms with Gasteiger partial charge in [-0.15, -0.1) is 0 Å². The first-order chi connectivity index (χ1) is 6.84. The van der Waals surface area contributed by atoms with Gasteiger partial charge in [0.1, 0.15) is 5.60 Å². The Morgan fingerprint density at radius 3 is 2.40 bits per heavy atom. The number of hydrogen-bond donors (Lipinski definition) is 4. The van der Waals surface area contributed by atoms with Gasteiger partial charge >= 0.3 is 0 Å². The summed E-state index contributed by atoms with van der Waals surface area (Å²) in [5.74, 6) is -0.269. The second-order valence-corrected chi connectivity index (χ2v) is 4.46. The van der Waals surface area contributed by atoms with Crippen LogP contribution in [0.2, 0.25) is 0 Å². The molecule has 0 spiro atoms. The molecule has 5 heteroatoms. The minimum atomic E-state index is -1.27. The lowest BCUT2D eigenvalue weighted by molar-refractivity contribution is -0.127. The monoisotopic (exact) mass is 218 g/mol. The predicted molar refractivity (Wildman–Crippen MR) is 58.1 cm³/mol. The van der Waals surface area contributed by atoms with Crippen LogP contribution in [0.1, 0.15) is 20.8 Å². The summed E-state index contributed by atoms with van der Waals surface area (Å²) in [5, 5.41) is 20.8. The van der Waals surface area contributed by atoms with Gasteiger partial charge in [0.15, 0.2) is 0 Å². The quantitative estimate of drug-likeness (QED) is 0.463. The Hall–Kier alpha value is -0.650. The van der Waals surface area contributed by atoms with Gasteiger partial charge in [-0.2, -0.15) is 0 Å². The van der Waals surface area contributed by atoms with E-state index in [4.69, 9.17) is 10.8 Å². The van der Waals surface area contributed by atoms with Crippen molar-refractivity contribution in [3.63, 3.8) is 0 Å². The summed E-state index contributed by atoms with van der Waals surface area (Å²) in [4.78, 5) is 11.6. The van der Waals surface area contributed by atoms with E-state index in [0.29, 0.717) is 0 Å². The topological polar surface area (TPSA) is 95.6 Å². The van der Waals surface area contributed by atoms with Crippen molar-refractivity contribution in [2.75, 3.05) is 19.7 Å².